The van der Waals surface area contributed by atoms with E-state index < -0.39 is 5.60 Å². The number of aromatic nitrogens is 2. The average Bonchev–Trinajstić information content (AvgIpc) is 2.93. The molecule has 1 aromatic heterocycles. The zero-order valence-electron chi connectivity index (χ0n) is 18.2. The number of ketones is 1. The second-order valence-electron chi connectivity index (χ2n) is 8.36. The molecule has 31 heavy (non-hydrogen) atoms. The second kappa shape index (κ2) is 8.17. The molecule has 2 amide bonds. The first-order valence-electron chi connectivity index (χ1n) is 10.7. The molecule has 1 saturated heterocycles. The molecular weight excluding hydrogens is 396 g/mol. The van der Waals surface area contributed by atoms with Crippen molar-refractivity contribution in [3.05, 3.63) is 41.2 Å². The van der Waals surface area contributed by atoms with E-state index in [2.05, 4.69) is 10.4 Å². The standard InChI is InChI=1S/C23H28N4O4/c1-4-27-16(3)22(15(2)25-27)24-20(29)14-26-12-11-23(10-9-21(26)30)13-18(28)17-7-5-6-8-19(17)31-23/h5-8H,4,9-14H2,1-3H3,(H,24,29)/t23-/m1/s1. The highest BCUT2D eigenvalue weighted by Crippen LogP contribution is 2.39. The summed E-state index contributed by atoms with van der Waals surface area (Å²) in [6, 6.07) is 7.23. The maximum Gasteiger partial charge on any atom is 0.244 e. The van der Waals surface area contributed by atoms with Crippen molar-refractivity contribution in [1.29, 1.82) is 0 Å². The maximum absolute atomic E-state index is 12.7. The fourth-order valence-corrected chi connectivity index (χ4v) is 4.51. The zero-order chi connectivity index (χ0) is 22.2. The molecule has 164 valence electrons. The summed E-state index contributed by atoms with van der Waals surface area (Å²) >= 11 is 0. The Morgan fingerprint density at radius 1 is 1.23 bits per heavy atom. The summed E-state index contributed by atoms with van der Waals surface area (Å²) in [5.41, 5.74) is 2.24. The number of carbonyl (C=O) groups excluding carboxylic acids is 3. The number of ether oxygens (including phenoxy) is 1. The number of carbonyl (C=O) groups is 3. The lowest BCUT2D eigenvalue weighted by molar-refractivity contribution is -0.134. The number of fused-ring (bicyclic) bond motifs is 1. The van der Waals surface area contributed by atoms with Crippen LogP contribution in [0.5, 0.6) is 5.75 Å². The molecule has 2 aromatic rings. The van der Waals surface area contributed by atoms with Gasteiger partial charge in [-0.05, 0) is 39.3 Å². The molecule has 3 heterocycles. The van der Waals surface area contributed by atoms with Crippen LogP contribution in [0.4, 0.5) is 5.69 Å². The quantitative estimate of drug-likeness (QED) is 0.815. The van der Waals surface area contributed by atoms with Gasteiger partial charge in [0.15, 0.2) is 5.78 Å². The minimum Gasteiger partial charge on any atom is -0.486 e. The molecule has 2 aliphatic heterocycles. The van der Waals surface area contributed by atoms with E-state index in [-0.39, 0.29) is 37.0 Å². The minimum absolute atomic E-state index is 0.0321. The molecular formula is C23H28N4O4. The number of hydrogen-bond donors (Lipinski definition) is 1. The summed E-state index contributed by atoms with van der Waals surface area (Å²) in [4.78, 5) is 39.6. The van der Waals surface area contributed by atoms with E-state index in [0.717, 1.165) is 17.9 Å². The number of amides is 2. The fourth-order valence-electron chi connectivity index (χ4n) is 4.51. The van der Waals surface area contributed by atoms with Gasteiger partial charge in [-0.25, -0.2) is 0 Å². The van der Waals surface area contributed by atoms with Crippen LogP contribution in [-0.2, 0) is 16.1 Å². The normalized spacial score (nSPS) is 20.9. The lowest BCUT2D eigenvalue weighted by Gasteiger charge is -2.37. The van der Waals surface area contributed by atoms with Crippen LogP contribution in [0.1, 0.15) is 54.4 Å². The Kier molecular flexibility index (Phi) is 5.56. The van der Waals surface area contributed by atoms with Crippen LogP contribution >= 0.6 is 0 Å². The van der Waals surface area contributed by atoms with Crippen molar-refractivity contribution in [3.8, 4) is 5.75 Å². The molecule has 8 heteroatoms. The largest absolute Gasteiger partial charge is 0.486 e. The molecule has 0 aliphatic carbocycles. The van der Waals surface area contributed by atoms with Crippen molar-refractivity contribution in [3.63, 3.8) is 0 Å². The number of nitrogens with zero attached hydrogens (tertiary/aromatic N) is 3. The lowest BCUT2D eigenvalue weighted by Crippen LogP contribution is -2.43. The van der Waals surface area contributed by atoms with Crippen LogP contribution in [0.15, 0.2) is 24.3 Å². The number of nitrogens with one attached hydrogen (secondary N) is 1. The average molecular weight is 425 g/mol. The summed E-state index contributed by atoms with van der Waals surface area (Å²) < 4.78 is 8.08. The smallest absolute Gasteiger partial charge is 0.244 e. The van der Waals surface area contributed by atoms with Gasteiger partial charge < -0.3 is 15.0 Å². The molecule has 0 saturated carbocycles. The molecule has 0 bridgehead atoms. The number of anilines is 1. The van der Waals surface area contributed by atoms with Crippen molar-refractivity contribution in [2.75, 3.05) is 18.4 Å². The van der Waals surface area contributed by atoms with Crippen LogP contribution in [-0.4, -0.2) is 51.0 Å². The lowest BCUT2D eigenvalue weighted by atomic mass is 9.84. The highest BCUT2D eigenvalue weighted by atomic mass is 16.5. The molecule has 1 N–H and O–H groups in total. The molecule has 1 aromatic carbocycles. The first-order chi connectivity index (χ1) is 14.8. The molecule has 8 nitrogen and oxygen atoms in total. The molecule has 4 rings (SSSR count). The van der Waals surface area contributed by atoms with Crippen molar-refractivity contribution in [1.82, 2.24) is 14.7 Å². The van der Waals surface area contributed by atoms with Gasteiger partial charge in [0.25, 0.3) is 0 Å². The number of hydrogen-bond acceptors (Lipinski definition) is 5. The van der Waals surface area contributed by atoms with Crippen LogP contribution in [0, 0.1) is 13.8 Å². The number of likely N-dealkylation sites (tertiary alicyclic amines) is 1. The van der Waals surface area contributed by atoms with Crippen molar-refractivity contribution in [2.24, 2.45) is 0 Å². The fraction of sp³-hybridized carbons (Fsp3) is 0.478. The predicted molar refractivity (Wildman–Crippen MR) is 115 cm³/mol. The van der Waals surface area contributed by atoms with Crippen molar-refractivity contribution >= 4 is 23.3 Å². The molecule has 1 fully saturated rings. The third-order valence-corrected chi connectivity index (χ3v) is 6.26. The maximum atomic E-state index is 12.7. The minimum atomic E-state index is -0.693. The summed E-state index contributed by atoms with van der Waals surface area (Å²) in [5, 5.41) is 7.33. The van der Waals surface area contributed by atoms with Crippen molar-refractivity contribution < 1.29 is 19.1 Å². The van der Waals surface area contributed by atoms with Gasteiger partial charge in [-0.15, -0.1) is 0 Å². The van der Waals surface area contributed by atoms with E-state index in [1.807, 2.05) is 37.6 Å². The molecule has 0 radical (unpaired) electrons. The first-order valence-corrected chi connectivity index (χ1v) is 10.7. The third kappa shape index (κ3) is 4.06. The van der Waals surface area contributed by atoms with Gasteiger partial charge in [0.05, 0.1) is 35.6 Å². The number of benzene rings is 1. The van der Waals surface area contributed by atoms with Gasteiger partial charge in [-0.2, -0.15) is 5.10 Å². The number of aryl methyl sites for hydroxylation is 2. The first kappa shape index (κ1) is 21.1. The summed E-state index contributed by atoms with van der Waals surface area (Å²) in [5.74, 6) is 0.271. The van der Waals surface area contributed by atoms with Crippen LogP contribution in [0.25, 0.3) is 0 Å². The van der Waals surface area contributed by atoms with Gasteiger partial charge in [-0.1, -0.05) is 12.1 Å². The van der Waals surface area contributed by atoms with Gasteiger partial charge in [0.1, 0.15) is 11.4 Å². The number of rotatable bonds is 4. The molecule has 1 atom stereocenters. The van der Waals surface area contributed by atoms with E-state index >= 15 is 0 Å². The van der Waals surface area contributed by atoms with E-state index in [4.69, 9.17) is 4.74 Å². The van der Waals surface area contributed by atoms with Gasteiger partial charge in [0.2, 0.25) is 11.8 Å². The Balaban J connectivity index is 1.44. The predicted octanol–water partition coefficient (Wildman–Crippen LogP) is 2.88. The van der Waals surface area contributed by atoms with Gasteiger partial charge in [-0.3, -0.25) is 19.1 Å². The Labute approximate surface area is 181 Å². The Hall–Kier alpha value is -3.16. The summed E-state index contributed by atoms with van der Waals surface area (Å²) in [7, 11) is 0. The van der Waals surface area contributed by atoms with Crippen LogP contribution < -0.4 is 10.1 Å². The Bertz CT molecular complexity index is 1040. The number of para-hydroxylation sites is 1. The molecule has 1 spiro atoms. The number of Topliss-reactive ketones (excluding diaryl/α,β-unsaturated/α-hetero) is 1. The Morgan fingerprint density at radius 3 is 2.74 bits per heavy atom. The topological polar surface area (TPSA) is 93.5 Å². The monoisotopic (exact) mass is 424 g/mol. The van der Waals surface area contributed by atoms with Gasteiger partial charge >= 0.3 is 0 Å². The zero-order valence-corrected chi connectivity index (χ0v) is 18.2. The van der Waals surface area contributed by atoms with E-state index in [1.54, 1.807) is 17.0 Å². The summed E-state index contributed by atoms with van der Waals surface area (Å²) in [6.45, 7) is 6.81. The van der Waals surface area contributed by atoms with E-state index in [9.17, 15) is 14.4 Å². The highest BCUT2D eigenvalue weighted by Gasteiger charge is 2.43. The summed E-state index contributed by atoms with van der Waals surface area (Å²) in [6.07, 6.45) is 1.48. The highest BCUT2D eigenvalue weighted by molar-refractivity contribution is 6.00. The third-order valence-electron chi connectivity index (χ3n) is 6.26. The SMILES string of the molecule is CCn1nc(C)c(NC(=O)CN2CC[C@]3(CCC2=O)CC(=O)c2ccccc2O3)c1C. The van der Waals surface area contributed by atoms with Crippen LogP contribution in [0.3, 0.4) is 0 Å². The van der Waals surface area contributed by atoms with Crippen molar-refractivity contribution in [2.45, 2.75) is 58.6 Å². The van der Waals surface area contributed by atoms with E-state index in [0.29, 0.717) is 36.4 Å². The van der Waals surface area contributed by atoms with E-state index in [1.165, 1.54) is 0 Å². The molecule has 2 aliphatic rings. The molecule has 0 unspecified atom stereocenters. The Morgan fingerprint density at radius 2 is 2.00 bits per heavy atom. The van der Waals surface area contributed by atoms with Crippen LogP contribution in [0.2, 0.25) is 0 Å². The second-order valence-corrected chi connectivity index (χ2v) is 8.36. The van der Waals surface area contributed by atoms with Gasteiger partial charge in [0, 0.05) is 25.9 Å².